The van der Waals surface area contributed by atoms with E-state index in [-0.39, 0.29) is 12.0 Å². The second-order valence-electron chi connectivity index (χ2n) is 7.77. The number of fused-ring (bicyclic) bond motifs is 3. The minimum absolute atomic E-state index is 0.0938. The Hall–Kier alpha value is -2.55. The van der Waals surface area contributed by atoms with E-state index in [0.717, 1.165) is 45.1 Å². The van der Waals surface area contributed by atoms with Crippen LogP contribution in [0.3, 0.4) is 0 Å². The van der Waals surface area contributed by atoms with Crippen molar-refractivity contribution in [1.29, 1.82) is 0 Å². The van der Waals surface area contributed by atoms with Crippen molar-refractivity contribution in [3.8, 4) is 0 Å². The molecule has 0 bridgehead atoms. The topological polar surface area (TPSA) is 79.1 Å². The lowest BCUT2D eigenvalue weighted by molar-refractivity contribution is 0.0547. The quantitative estimate of drug-likeness (QED) is 0.348. The van der Waals surface area contributed by atoms with Crippen molar-refractivity contribution in [2.75, 3.05) is 20.3 Å². The van der Waals surface area contributed by atoms with Crippen LogP contribution in [0.15, 0.2) is 47.3 Å². The summed E-state index contributed by atoms with van der Waals surface area (Å²) in [4.78, 5) is 26.2. The third-order valence-electron chi connectivity index (χ3n) is 5.91. The highest BCUT2D eigenvalue weighted by molar-refractivity contribution is 9.10. The zero-order chi connectivity index (χ0) is 22.2. The van der Waals surface area contributed by atoms with E-state index in [1.54, 1.807) is 24.7 Å². The first-order valence-electron chi connectivity index (χ1n) is 10.3. The lowest BCUT2D eigenvalue weighted by atomic mass is 9.89. The predicted octanol–water partition coefficient (Wildman–Crippen LogP) is 5.20. The highest BCUT2D eigenvalue weighted by Gasteiger charge is 2.31. The summed E-state index contributed by atoms with van der Waals surface area (Å²) < 4.78 is 13.6. The Morgan fingerprint density at radius 3 is 2.72 bits per heavy atom. The summed E-state index contributed by atoms with van der Waals surface area (Å²) in [5.41, 5.74) is 3.71. The standard InChI is InChI=1S/C23H20BrClN4O3/c1-31-23(30)14-8-17-20-19(9-15(24)11-27-20)29(22(17)28-10-14)21(13-4-6-32-7-5-13)18-3-2-16(25)12-26-18/h2-3,8-13,21H,4-7H2,1H3. The molecule has 0 aliphatic carbocycles. The van der Waals surface area contributed by atoms with E-state index in [0.29, 0.717) is 23.8 Å². The van der Waals surface area contributed by atoms with Crippen LogP contribution in [0.2, 0.25) is 5.02 Å². The number of pyridine rings is 3. The fourth-order valence-electron chi connectivity index (χ4n) is 4.45. The molecule has 1 unspecified atom stereocenters. The molecule has 1 atom stereocenters. The average molecular weight is 516 g/mol. The van der Waals surface area contributed by atoms with Gasteiger partial charge in [-0.05, 0) is 59.0 Å². The van der Waals surface area contributed by atoms with Crippen LogP contribution in [0.5, 0.6) is 0 Å². The molecule has 0 N–H and O–H groups in total. The third-order valence-corrected chi connectivity index (χ3v) is 6.57. The Balaban J connectivity index is 1.80. The molecule has 7 nitrogen and oxygen atoms in total. The van der Waals surface area contributed by atoms with Gasteiger partial charge in [-0.25, -0.2) is 9.78 Å². The molecule has 1 fully saturated rings. The van der Waals surface area contributed by atoms with Gasteiger partial charge >= 0.3 is 5.97 Å². The molecule has 9 heteroatoms. The maximum absolute atomic E-state index is 12.2. The van der Waals surface area contributed by atoms with E-state index < -0.39 is 5.97 Å². The van der Waals surface area contributed by atoms with Crippen LogP contribution in [0, 0.1) is 5.92 Å². The van der Waals surface area contributed by atoms with Gasteiger partial charge < -0.3 is 14.0 Å². The lowest BCUT2D eigenvalue weighted by Gasteiger charge is -2.32. The monoisotopic (exact) mass is 514 g/mol. The second-order valence-corrected chi connectivity index (χ2v) is 9.13. The summed E-state index contributed by atoms with van der Waals surface area (Å²) in [6, 6.07) is 7.56. The van der Waals surface area contributed by atoms with Crippen molar-refractivity contribution in [2.45, 2.75) is 18.9 Å². The minimum atomic E-state index is -0.433. The minimum Gasteiger partial charge on any atom is -0.465 e. The SMILES string of the molecule is COC(=O)c1cnc2c(c1)c1ncc(Br)cc1n2C(c1ccc(Cl)cn1)C1CCOCC1. The van der Waals surface area contributed by atoms with Crippen molar-refractivity contribution in [2.24, 2.45) is 5.92 Å². The lowest BCUT2D eigenvalue weighted by Crippen LogP contribution is -2.27. The summed E-state index contributed by atoms with van der Waals surface area (Å²) in [6.07, 6.45) is 6.78. The number of rotatable bonds is 4. The number of methoxy groups -OCH3 is 1. The molecular formula is C23H20BrClN4O3. The van der Waals surface area contributed by atoms with Gasteiger partial charge in [0.15, 0.2) is 0 Å². The predicted molar refractivity (Wildman–Crippen MR) is 125 cm³/mol. The number of esters is 1. The second kappa shape index (κ2) is 8.77. The Morgan fingerprint density at radius 2 is 2.00 bits per heavy atom. The normalized spacial score (nSPS) is 15.8. The first-order chi connectivity index (χ1) is 15.6. The van der Waals surface area contributed by atoms with Gasteiger partial charge in [0.05, 0.1) is 40.5 Å². The number of hydrogen-bond donors (Lipinski definition) is 0. The van der Waals surface area contributed by atoms with Gasteiger partial charge in [-0.3, -0.25) is 9.97 Å². The Morgan fingerprint density at radius 1 is 1.19 bits per heavy atom. The summed E-state index contributed by atoms with van der Waals surface area (Å²) in [5, 5.41) is 1.38. The number of carbonyl (C=O) groups is 1. The van der Waals surface area contributed by atoms with Crippen molar-refractivity contribution in [3.63, 3.8) is 0 Å². The Bertz CT molecular complexity index is 1300. The van der Waals surface area contributed by atoms with Crippen molar-refractivity contribution in [3.05, 3.63) is 63.6 Å². The number of ether oxygens (including phenoxy) is 2. The van der Waals surface area contributed by atoms with E-state index in [9.17, 15) is 4.79 Å². The molecular weight excluding hydrogens is 496 g/mol. The summed E-state index contributed by atoms with van der Waals surface area (Å²) >= 11 is 9.70. The summed E-state index contributed by atoms with van der Waals surface area (Å²) in [6.45, 7) is 1.40. The fraction of sp³-hybridized carbons (Fsp3) is 0.304. The van der Waals surface area contributed by atoms with E-state index in [2.05, 4.69) is 30.5 Å². The Labute approximate surface area is 197 Å². The van der Waals surface area contributed by atoms with Gasteiger partial charge in [0.2, 0.25) is 0 Å². The van der Waals surface area contributed by atoms with Crippen molar-refractivity contribution < 1.29 is 14.3 Å². The van der Waals surface area contributed by atoms with Crippen LogP contribution >= 0.6 is 27.5 Å². The molecule has 1 saturated heterocycles. The molecule has 5 rings (SSSR count). The number of halogens is 2. The molecule has 164 valence electrons. The van der Waals surface area contributed by atoms with Crippen LogP contribution < -0.4 is 0 Å². The number of carbonyl (C=O) groups excluding carboxylic acids is 1. The van der Waals surface area contributed by atoms with Gasteiger partial charge in [0.25, 0.3) is 0 Å². The molecule has 0 spiro atoms. The number of aromatic nitrogens is 4. The number of nitrogens with zero attached hydrogens (tertiary/aromatic N) is 4. The van der Waals surface area contributed by atoms with Crippen LogP contribution in [0.1, 0.15) is 34.9 Å². The van der Waals surface area contributed by atoms with E-state index in [1.165, 1.54) is 7.11 Å². The van der Waals surface area contributed by atoms with Gasteiger partial charge in [0, 0.05) is 41.7 Å². The van der Waals surface area contributed by atoms with E-state index in [1.807, 2.05) is 18.2 Å². The largest absolute Gasteiger partial charge is 0.465 e. The molecule has 0 radical (unpaired) electrons. The third kappa shape index (κ3) is 3.76. The summed E-state index contributed by atoms with van der Waals surface area (Å²) in [5.74, 6) is -0.143. The smallest absolute Gasteiger partial charge is 0.339 e. The molecule has 1 aliphatic heterocycles. The van der Waals surface area contributed by atoms with Crippen LogP contribution in [0.4, 0.5) is 0 Å². The highest BCUT2D eigenvalue weighted by Crippen LogP contribution is 2.39. The van der Waals surface area contributed by atoms with E-state index in [4.69, 9.17) is 26.1 Å². The van der Waals surface area contributed by atoms with Crippen LogP contribution in [-0.4, -0.2) is 45.8 Å². The van der Waals surface area contributed by atoms with Gasteiger partial charge in [0.1, 0.15) is 5.65 Å². The number of hydrogen-bond acceptors (Lipinski definition) is 6. The molecule has 5 heterocycles. The summed E-state index contributed by atoms with van der Waals surface area (Å²) in [7, 11) is 1.36. The van der Waals surface area contributed by atoms with Crippen molar-refractivity contribution in [1.82, 2.24) is 19.5 Å². The Kier molecular flexibility index (Phi) is 5.84. The molecule has 4 aromatic heterocycles. The van der Waals surface area contributed by atoms with Gasteiger partial charge in [-0.15, -0.1) is 0 Å². The van der Waals surface area contributed by atoms with Crippen LogP contribution in [-0.2, 0) is 9.47 Å². The molecule has 0 saturated carbocycles. The first-order valence-corrected chi connectivity index (χ1v) is 11.5. The molecule has 32 heavy (non-hydrogen) atoms. The molecule has 4 aromatic rings. The fourth-order valence-corrected chi connectivity index (χ4v) is 4.88. The maximum atomic E-state index is 12.2. The van der Waals surface area contributed by atoms with Crippen molar-refractivity contribution >= 4 is 55.6 Å². The van der Waals surface area contributed by atoms with Crippen LogP contribution in [0.25, 0.3) is 22.1 Å². The molecule has 0 amide bonds. The first kappa shape index (κ1) is 21.3. The average Bonchev–Trinajstić information content (AvgIpc) is 3.13. The molecule has 0 aromatic carbocycles. The zero-order valence-electron chi connectivity index (χ0n) is 17.3. The maximum Gasteiger partial charge on any atom is 0.339 e. The highest BCUT2D eigenvalue weighted by atomic mass is 79.9. The van der Waals surface area contributed by atoms with E-state index >= 15 is 0 Å². The molecule has 1 aliphatic rings. The van der Waals surface area contributed by atoms with Gasteiger partial charge in [-0.1, -0.05) is 11.6 Å². The van der Waals surface area contributed by atoms with Gasteiger partial charge in [-0.2, -0.15) is 0 Å². The zero-order valence-corrected chi connectivity index (χ0v) is 19.6.